The van der Waals surface area contributed by atoms with Gasteiger partial charge in [0.1, 0.15) is 0 Å². The second kappa shape index (κ2) is 7.07. The molecule has 1 rings (SSSR count). The zero-order valence-electron chi connectivity index (χ0n) is 12.9. The van der Waals surface area contributed by atoms with Crippen molar-refractivity contribution in [1.82, 2.24) is 5.32 Å². The lowest BCUT2D eigenvalue weighted by Crippen LogP contribution is -2.44. The van der Waals surface area contributed by atoms with Gasteiger partial charge < -0.3 is 15.2 Å². The molecule has 0 saturated heterocycles. The van der Waals surface area contributed by atoms with Crippen LogP contribution in [0.3, 0.4) is 0 Å². The third-order valence-corrected chi connectivity index (χ3v) is 4.11. The topological polar surface area (TPSA) is 75.6 Å². The molecule has 5 heteroatoms. The predicted molar refractivity (Wildman–Crippen MR) is 76.3 cm³/mol. The fourth-order valence-corrected chi connectivity index (χ4v) is 2.91. The maximum absolute atomic E-state index is 12.2. The summed E-state index contributed by atoms with van der Waals surface area (Å²) in [5.74, 6) is -1.62. The fraction of sp³-hybridized carbons (Fsp3) is 0.867. The molecule has 20 heavy (non-hydrogen) atoms. The summed E-state index contributed by atoms with van der Waals surface area (Å²) < 4.78 is 5.53. The molecule has 3 atom stereocenters. The van der Waals surface area contributed by atoms with Gasteiger partial charge in [-0.3, -0.25) is 9.59 Å². The number of aliphatic carboxylic acids is 1. The van der Waals surface area contributed by atoms with Crippen LogP contribution in [0.1, 0.15) is 47.0 Å². The molecule has 0 aromatic rings. The Bertz CT molecular complexity index is 354. The number of ether oxygens (including phenoxy) is 1. The highest BCUT2D eigenvalue weighted by Crippen LogP contribution is 2.38. The molecule has 1 aliphatic carbocycles. The first-order valence-electron chi connectivity index (χ1n) is 7.45. The number of amides is 1. The summed E-state index contributed by atoms with van der Waals surface area (Å²) in [6.45, 7) is 8.76. The highest BCUT2D eigenvalue weighted by molar-refractivity contribution is 5.85. The Morgan fingerprint density at radius 2 is 1.85 bits per heavy atom. The van der Waals surface area contributed by atoms with Crippen molar-refractivity contribution in [3.8, 4) is 0 Å². The van der Waals surface area contributed by atoms with Crippen LogP contribution in [0, 0.1) is 17.8 Å². The molecule has 0 spiro atoms. The molecule has 0 bridgehead atoms. The van der Waals surface area contributed by atoms with Gasteiger partial charge in [-0.1, -0.05) is 13.3 Å². The minimum atomic E-state index is -0.856. The summed E-state index contributed by atoms with van der Waals surface area (Å²) in [4.78, 5) is 23.5. The van der Waals surface area contributed by atoms with Crippen LogP contribution in [0.4, 0.5) is 0 Å². The molecule has 0 aromatic heterocycles. The van der Waals surface area contributed by atoms with Crippen LogP contribution in [0.2, 0.25) is 0 Å². The Morgan fingerprint density at radius 1 is 1.25 bits per heavy atom. The molecular formula is C15H27NO4. The zero-order chi connectivity index (χ0) is 15.3. The highest BCUT2D eigenvalue weighted by Gasteiger charge is 2.42. The van der Waals surface area contributed by atoms with Gasteiger partial charge in [0.2, 0.25) is 5.91 Å². The van der Waals surface area contributed by atoms with E-state index in [9.17, 15) is 14.7 Å². The van der Waals surface area contributed by atoms with Crippen molar-refractivity contribution in [2.24, 2.45) is 17.8 Å². The summed E-state index contributed by atoms with van der Waals surface area (Å²) in [6, 6.07) is 0. The maximum Gasteiger partial charge on any atom is 0.307 e. The number of rotatable bonds is 7. The summed E-state index contributed by atoms with van der Waals surface area (Å²) in [5, 5.41) is 12.1. The first-order chi connectivity index (χ1) is 9.30. The van der Waals surface area contributed by atoms with Crippen molar-refractivity contribution in [2.45, 2.75) is 52.6 Å². The summed E-state index contributed by atoms with van der Waals surface area (Å²) in [5.41, 5.74) is -0.425. The van der Waals surface area contributed by atoms with E-state index < -0.39 is 23.4 Å². The Kier molecular flexibility index (Phi) is 5.99. The van der Waals surface area contributed by atoms with E-state index in [1.807, 2.05) is 27.7 Å². The third kappa shape index (κ3) is 4.47. The van der Waals surface area contributed by atoms with E-state index in [0.717, 1.165) is 6.42 Å². The average Bonchev–Trinajstić information content (AvgIpc) is 2.80. The molecule has 1 aliphatic rings. The Balaban J connectivity index is 2.59. The lowest BCUT2D eigenvalue weighted by atomic mass is 9.95. The van der Waals surface area contributed by atoms with E-state index in [0.29, 0.717) is 31.9 Å². The normalized spacial score (nSPS) is 26.5. The molecule has 5 nitrogen and oxygen atoms in total. The molecule has 0 heterocycles. The number of carboxylic acid groups (broad SMARTS) is 1. The number of hydrogen-bond donors (Lipinski definition) is 2. The third-order valence-electron chi connectivity index (χ3n) is 4.11. The smallest absolute Gasteiger partial charge is 0.307 e. The number of hydrogen-bond acceptors (Lipinski definition) is 3. The van der Waals surface area contributed by atoms with Crippen molar-refractivity contribution in [1.29, 1.82) is 0 Å². The first-order valence-corrected chi connectivity index (χ1v) is 7.45. The quantitative estimate of drug-likeness (QED) is 0.750. The van der Waals surface area contributed by atoms with Crippen LogP contribution in [0.5, 0.6) is 0 Å². The van der Waals surface area contributed by atoms with Crippen LogP contribution in [-0.4, -0.2) is 35.7 Å². The molecule has 1 amide bonds. The Morgan fingerprint density at radius 3 is 2.35 bits per heavy atom. The average molecular weight is 285 g/mol. The fourth-order valence-electron chi connectivity index (χ4n) is 2.91. The monoisotopic (exact) mass is 285 g/mol. The minimum absolute atomic E-state index is 0.152. The molecule has 0 aromatic carbocycles. The van der Waals surface area contributed by atoms with Gasteiger partial charge >= 0.3 is 5.97 Å². The lowest BCUT2D eigenvalue weighted by molar-refractivity contribution is -0.146. The van der Waals surface area contributed by atoms with Gasteiger partial charge in [-0.05, 0) is 39.5 Å². The van der Waals surface area contributed by atoms with E-state index in [-0.39, 0.29) is 5.91 Å². The van der Waals surface area contributed by atoms with Gasteiger partial charge in [0.05, 0.1) is 17.4 Å². The predicted octanol–water partition coefficient (Wildman–Crippen LogP) is 2.05. The summed E-state index contributed by atoms with van der Waals surface area (Å²) in [6.07, 6.45) is 2.21. The SMILES string of the molecule is CCOC(C)(C)CNC(=O)C1CC(CC)CC1C(=O)O. The largest absolute Gasteiger partial charge is 0.481 e. The second-order valence-electron chi connectivity index (χ2n) is 6.21. The van der Waals surface area contributed by atoms with Gasteiger partial charge in [-0.15, -0.1) is 0 Å². The lowest BCUT2D eigenvalue weighted by Gasteiger charge is -2.26. The number of nitrogens with one attached hydrogen (secondary N) is 1. The molecule has 0 aliphatic heterocycles. The first kappa shape index (κ1) is 17.0. The van der Waals surface area contributed by atoms with Gasteiger partial charge in [-0.2, -0.15) is 0 Å². The summed E-state index contributed by atoms with van der Waals surface area (Å²) >= 11 is 0. The number of carboxylic acids is 1. The van der Waals surface area contributed by atoms with E-state index in [1.54, 1.807) is 0 Å². The van der Waals surface area contributed by atoms with Crippen LogP contribution >= 0.6 is 0 Å². The van der Waals surface area contributed by atoms with Crippen molar-refractivity contribution >= 4 is 11.9 Å². The highest BCUT2D eigenvalue weighted by atomic mass is 16.5. The van der Waals surface area contributed by atoms with Gasteiger partial charge in [0, 0.05) is 13.2 Å². The van der Waals surface area contributed by atoms with E-state index >= 15 is 0 Å². The van der Waals surface area contributed by atoms with Crippen LogP contribution in [-0.2, 0) is 14.3 Å². The molecule has 0 radical (unpaired) electrons. The number of carbonyl (C=O) groups is 2. The zero-order valence-corrected chi connectivity index (χ0v) is 12.9. The van der Waals surface area contributed by atoms with Gasteiger partial charge in [-0.25, -0.2) is 0 Å². The molecule has 2 N–H and O–H groups in total. The standard InChI is InChI=1S/C15H27NO4/c1-5-10-7-11(12(8-10)14(18)19)13(17)16-9-15(3,4)20-6-2/h10-12H,5-9H2,1-4H3,(H,16,17)(H,18,19). The Hall–Kier alpha value is -1.10. The van der Waals surface area contributed by atoms with E-state index in [1.165, 1.54) is 0 Å². The molecule has 116 valence electrons. The number of carbonyl (C=O) groups excluding carboxylic acids is 1. The summed E-state index contributed by atoms with van der Waals surface area (Å²) in [7, 11) is 0. The maximum atomic E-state index is 12.2. The van der Waals surface area contributed by atoms with Crippen molar-refractivity contribution in [2.75, 3.05) is 13.2 Å². The van der Waals surface area contributed by atoms with Gasteiger partial charge in [0.15, 0.2) is 0 Å². The molecular weight excluding hydrogens is 258 g/mol. The second-order valence-corrected chi connectivity index (χ2v) is 6.21. The molecule has 1 fully saturated rings. The molecule has 1 saturated carbocycles. The van der Waals surface area contributed by atoms with Gasteiger partial charge in [0.25, 0.3) is 0 Å². The van der Waals surface area contributed by atoms with Crippen LogP contribution in [0.25, 0.3) is 0 Å². The van der Waals surface area contributed by atoms with Crippen molar-refractivity contribution < 1.29 is 19.4 Å². The van der Waals surface area contributed by atoms with Crippen LogP contribution < -0.4 is 5.32 Å². The van der Waals surface area contributed by atoms with E-state index in [4.69, 9.17) is 4.74 Å². The van der Waals surface area contributed by atoms with Crippen molar-refractivity contribution in [3.05, 3.63) is 0 Å². The van der Waals surface area contributed by atoms with Crippen molar-refractivity contribution in [3.63, 3.8) is 0 Å². The minimum Gasteiger partial charge on any atom is -0.481 e. The van der Waals surface area contributed by atoms with Crippen LogP contribution in [0.15, 0.2) is 0 Å². The Labute approximate surface area is 121 Å². The molecule has 3 unspecified atom stereocenters. The van der Waals surface area contributed by atoms with E-state index in [2.05, 4.69) is 5.32 Å².